The molecule has 0 bridgehead atoms. The highest BCUT2D eigenvalue weighted by molar-refractivity contribution is 5.83. The van der Waals surface area contributed by atoms with Crippen LogP contribution in [0.3, 0.4) is 0 Å². The molecule has 24 heavy (non-hydrogen) atoms. The first-order chi connectivity index (χ1) is 11.8. The highest BCUT2D eigenvalue weighted by Gasteiger charge is 2.17. The van der Waals surface area contributed by atoms with Crippen LogP contribution in [0.1, 0.15) is 11.4 Å². The van der Waals surface area contributed by atoms with E-state index in [0.717, 1.165) is 33.9 Å². The highest BCUT2D eigenvalue weighted by atomic mass is 16.6. The summed E-state index contributed by atoms with van der Waals surface area (Å²) in [6, 6.07) is 14.1. The zero-order valence-corrected chi connectivity index (χ0v) is 13.3. The zero-order chi connectivity index (χ0) is 16.4. The topological polar surface area (TPSA) is 62.3 Å². The lowest BCUT2D eigenvalue weighted by atomic mass is 10.2. The fourth-order valence-corrected chi connectivity index (χ4v) is 2.91. The summed E-state index contributed by atoms with van der Waals surface area (Å²) >= 11 is 0. The van der Waals surface area contributed by atoms with Crippen molar-refractivity contribution in [3.8, 4) is 11.5 Å². The van der Waals surface area contributed by atoms with Crippen LogP contribution in [0.2, 0.25) is 0 Å². The normalized spacial score (nSPS) is 13.7. The predicted molar refractivity (Wildman–Crippen MR) is 95.1 cm³/mol. The number of hydrogen-bond donors (Lipinski definition) is 1. The molecule has 122 valence electrons. The number of imidazole rings is 1. The second-order valence-corrected chi connectivity index (χ2v) is 5.64. The Bertz CT molecular complexity index is 885. The number of aromatic nitrogens is 2. The molecule has 5 heteroatoms. The molecule has 5 nitrogen and oxygen atoms in total. The first-order valence-corrected chi connectivity index (χ1v) is 8.08. The lowest BCUT2D eigenvalue weighted by Gasteiger charge is -2.18. The first kappa shape index (κ1) is 14.8. The quantitative estimate of drug-likeness (QED) is 0.802. The molecular weight excluding hydrogens is 302 g/mol. The summed E-state index contributed by atoms with van der Waals surface area (Å²) in [4.78, 5) is 4.74. The summed E-state index contributed by atoms with van der Waals surface area (Å²) in [7, 11) is 0. The molecule has 2 aromatic carbocycles. The molecule has 0 atom stereocenters. The molecule has 0 unspecified atom stereocenters. The maximum atomic E-state index is 5.80. The van der Waals surface area contributed by atoms with Crippen molar-refractivity contribution < 1.29 is 9.47 Å². The van der Waals surface area contributed by atoms with Crippen molar-refractivity contribution in [3.63, 3.8) is 0 Å². The van der Waals surface area contributed by atoms with Crippen LogP contribution in [0, 0.1) is 0 Å². The molecule has 0 fully saturated rings. The van der Waals surface area contributed by atoms with Crippen LogP contribution in [0.5, 0.6) is 11.5 Å². The molecule has 0 saturated carbocycles. The van der Waals surface area contributed by atoms with Crippen LogP contribution in [0.25, 0.3) is 23.2 Å². The monoisotopic (exact) mass is 321 g/mol. The summed E-state index contributed by atoms with van der Waals surface area (Å²) < 4.78 is 13.5. The van der Waals surface area contributed by atoms with Crippen LogP contribution in [0.4, 0.5) is 0 Å². The van der Waals surface area contributed by atoms with Gasteiger partial charge in [0, 0.05) is 25.2 Å². The minimum Gasteiger partial charge on any atom is -0.486 e. The van der Waals surface area contributed by atoms with E-state index in [9.17, 15) is 0 Å². The standard InChI is InChI=1S/C19H19N3O2/c20-8-9-22-16-13-18-17(23-10-11-24-18)12-15(16)21-19(22)7-6-14-4-2-1-3-5-14/h1-7,12-13H,8-11,20H2/b7-6+. The van der Waals surface area contributed by atoms with E-state index in [1.165, 1.54) is 0 Å². The van der Waals surface area contributed by atoms with Crippen molar-refractivity contribution in [2.45, 2.75) is 6.54 Å². The maximum Gasteiger partial charge on any atom is 0.163 e. The van der Waals surface area contributed by atoms with Crippen molar-refractivity contribution in [2.75, 3.05) is 19.8 Å². The van der Waals surface area contributed by atoms with E-state index in [0.29, 0.717) is 26.3 Å². The van der Waals surface area contributed by atoms with Gasteiger partial charge in [-0.1, -0.05) is 36.4 Å². The maximum absolute atomic E-state index is 5.80. The number of fused-ring (bicyclic) bond motifs is 2. The molecule has 2 heterocycles. The van der Waals surface area contributed by atoms with Gasteiger partial charge in [0.25, 0.3) is 0 Å². The smallest absolute Gasteiger partial charge is 0.163 e. The Kier molecular flexibility index (Phi) is 3.92. The first-order valence-electron chi connectivity index (χ1n) is 8.08. The van der Waals surface area contributed by atoms with Gasteiger partial charge in [0.15, 0.2) is 11.5 Å². The third-order valence-electron chi connectivity index (χ3n) is 4.02. The third-order valence-corrected chi connectivity index (χ3v) is 4.02. The van der Waals surface area contributed by atoms with E-state index in [1.54, 1.807) is 0 Å². The summed E-state index contributed by atoms with van der Waals surface area (Å²) in [6.07, 6.45) is 4.08. The summed E-state index contributed by atoms with van der Waals surface area (Å²) in [6.45, 7) is 2.39. The van der Waals surface area contributed by atoms with Crippen LogP contribution in [0.15, 0.2) is 42.5 Å². The fourth-order valence-electron chi connectivity index (χ4n) is 2.91. The molecule has 1 aliphatic heterocycles. The van der Waals surface area contributed by atoms with E-state index in [-0.39, 0.29) is 0 Å². The number of benzene rings is 2. The zero-order valence-electron chi connectivity index (χ0n) is 13.3. The Hall–Kier alpha value is -2.79. The minimum atomic E-state index is 0.548. The summed E-state index contributed by atoms with van der Waals surface area (Å²) in [5, 5.41) is 0. The van der Waals surface area contributed by atoms with Crippen LogP contribution < -0.4 is 15.2 Å². The Balaban J connectivity index is 1.79. The molecular formula is C19H19N3O2. The molecule has 1 aromatic heterocycles. The second-order valence-electron chi connectivity index (χ2n) is 5.64. The van der Waals surface area contributed by atoms with E-state index in [1.807, 2.05) is 36.4 Å². The Morgan fingerprint density at radius 1 is 1.04 bits per heavy atom. The molecule has 1 aliphatic rings. The molecule has 4 rings (SSSR count). The molecule has 2 N–H and O–H groups in total. The Morgan fingerprint density at radius 3 is 2.54 bits per heavy atom. The Morgan fingerprint density at radius 2 is 1.79 bits per heavy atom. The second kappa shape index (κ2) is 6.37. The molecule has 0 radical (unpaired) electrons. The summed E-state index contributed by atoms with van der Waals surface area (Å²) in [5.41, 5.74) is 8.83. The van der Waals surface area contributed by atoms with Crippen LogP contribution >= 0.6 is 0 Å². The highest BCUT2D eigenvalue weighted by Crippen LogP contribution is 2.35. The molecule has 3 aromatic rings. The van der Waals surface area contributed by atoms with E-state index in [4.69, 9.17) is 20.2 Å². The minimum absolute atomic E-state index is 0.548. The number of ether oxygens (including phenoxy) is 2. The van der Waals surface area contributed by atoms with Crippen molar-refractivity contribution in [3.05, 3.63) is 53.9 Å². The van der Waals surface area contributed by atoms with Crippen molar-refractivity contribution in [1.82, 2.24) is 9.55 Å². The van der Waals surface area contributed by atoms with Gasteiger partial charge < -0.3 is 19.8 Å². The van der Waals surface area contributed by atoms with Gasteiger partial charge in [-0.25, -0.2) is 4.98 Å². The predicted octanol–water partition coefficient (Wildman–Crippen LogP) is 2.94. The van der Waals surface area contributed by atoms with Gasteiger partial charge in [0.1, 0.15) is 19.0 Å². The third kappa shape index (κ3) is 2.74. The summed E-state index contributed by atoms with van der Waals surface area (Å²) in [5.74, 6) is 2.40. The van der Waals surface area contributed by atoms with Gasteiger partial charge in [-0.05, 0) is 11.6 Å². The number of rotatable bonds is 4. The van der Waals surface area contributed by atoms with Crippen LogP contribution in [-0.4, -0.2) is 29.3 Å². The van der Waals surface area contributed by atoms with Gasteiger partial charge in [-0.3, -0.25) is 0 Å². The molecule has 0 amide bonds. The van der Waals surface area contributed by atoms with Crippen molar-refractivity contribution in [1.29, 1.82) is 0 Å². The Labute approximate surface area is 140 Å². The lowest BCUT2D eigenvalue weighted by molar-refractivity contribution is 0.172. The number of hydrogen-bond acceptors (Lipinski definition) is 4. The van der Waals surface area contributed by atoms with Gasteiger partial charge >= 0.3 is 0 Å². The van der Waals surface area contributed by atoms with E-state index < -0.39 is 0 Å². The van der Waals surface area contributed by atoms with Crippen LogP contribution in [-0.2, 0) is 6.54 Å². The van der Waals surface area contributed by atoms with Gasteiger partial charge in [-0.2, -0.15) is 0 Å². The average molecular weight is 321 g/mol. The van der Waals surface area contributed by atoms with Crippen molar-refractivity contribution >= 4 is 23.2 Å². The molecule has 0 aliphatic carbocycles. The van der Waals surface area contributed by atoms with Crippen molar-refractivity contribution in [2.24, 2.45) is 5.73 Å². The largest absolute Gasteiger partial charge is 0.486 e. The number of nitrogens with zero attached hydrogens (tertiary/aromatic N) is 2. The number of nitrogens with two attached hydrogens (primary N) is 1. The van der Waals surface area contributed by atoms with E-state index >= 15 is 0 Å². The van der Waals surface area contributed by atoms with Gasteiger partial charge in [0.05, 0.1) is 11.0 Å². The lowest BCUT2D eigenvalue weighted by Crippen LogP contribution is -2.15. The van der Waals surface area contributed by atoms with Gasteiger partial charge in [-0.15, -0.1) is 0 Å². The average Bonchev–Trinajstić information content (AvgIpc) is 2.96. The van der Waals surface area contributed by atoms with E-state index in [2.05, 4.69) is 22.8 Å². The molecule has 0 spiro atoms. The molecule has 0 saturated heterocycles. The fraction of sp³-hybridized carbons (Fsp3) is 0.211. The van der Waals surface area contributed by atoms with Gasteiger partial charge in [0.2, 0.25) is 0 Å². The SMILES string of the molecule is NCCn1c(/C=C/c2ccccc2)nc2cc3c(cc21)OCCO3.